The van der Waals surface area contributed by atoms with Crippen molar-refractivity contribution in [2.24, 2.45) is 7.05 Å². The van der Waals surface area contributed by atoms with E-state index in [0.29, 0.717) is 12.1 Å². The van der Waals surface area contributed by atoms with Gasteiger partial charge in [0, 0.05) is 38.1 Å². The molecule has 1 amide bonds. The Labute approximate surface area is 111 Å². The molecule has 1 aliphatic rings. The molecule has 5 nitrogen and oxygen atoms in total. The number of aryl methyl sites for hydroxylation is 1. The van der Waals surface area contributed by atoms with Crippen molar-refractivity contribution < 1.29 is 4.79 Å². The van der Waals surface area contributed by atoms with Crippen molar-refractivity contribution in [3.05, 3.63) is 53.1 Å². The molecule has 2 heterocycles. The molecule has 0 bridgehead atoms. The number of carbonyl (C=O) groups excluding carboxylic acids is 1. The Hall–Kier alpha value is -2.14. The number of nitrogens with zero attached hydrogens (tertiary/aromatic N) is 2. The maximum absolute atomic E-state index is 12.1. The van der Waals surface area contributed by atoms with E-state index < -0.39 is 0 Å². The number of hydrogen-bond acceptors (Lipinski definition) is 3. The molecule has 0 saturated heterocycles. The van der Waals surface area contributed by atoms with Crippen molar-refractivity contribution in [1.82, 2.24) is 20.2 Å². The van der Waals surface area contributed by atoms with Crippen molar-refractivity contribution >= 4 is 5.91 Å². The molecule has 0 atom stereocenters. The molecule has 0 unspecified atom stereocenters. The van der Waals surface area contributed by atoms with Crippen molar-refractivity contribution in [1.29, 1.82) is 0 Å². The fourth-order valence-corrected chi connectivity index (χ4v) is 2.26. The topological polar surface area (TPSA) is 59.0 Å². The highest BCUT2D eigenvalue weighted by Crippen LogP contribution is 2.16. The Bertz CT molecular complexity index is 618. The van der Waals surface area contributed by atoms with Gasteiger partial charge in [0.15, 0.2) is 0 Å². The minimum Gasteiger partial charge on any atom is -0.345 e. The van der Waals surface area contributed by atoms with Gasteiger partial charge in [0.25, 0.3) is 5.91 Å². The van der Waals surface area contributed by atoms with Gasteiger partial charge in [-0.2, -0.15) is 0 Å². The summed E-state index contributed by atoms with van der Waals surface area (Å²) in [5, 5.41) is 6.16. The van der Waals surface area contributed by atoms with Gasteiger partial charge >= 0.3 is 0 Å². The van der Waals surface area contributed by atoms with Crippen LogP contribution in [0, 0.1) is 0 Å². The third kappa shape index (κ3) is 2.37. The molecule has 2 aromatic rings. The van der Waals surface area contributed by atoms with Gasteiger partial charge in [0.1, 0.15) is 5.82 Å². The van der Waals surface area contributed by atoms with E-state index in [-0.39, 0.29) is 5.91 Å². The van der Waals surface area contributed by atoms with E-state index in [0.717, 1.165) is 18.9 Å². The van der Waals surface area contributed by atoms with Crippen molar-refractivity contribution in [2.45, 2.75) is 19.6 Å². The third-order valence-electron chi connectivity index (χ3n) is 3.43. The molecule has 19 heavy (non-hydrogen) atoms. The molecule has 0 saturated carbocycles. The fourth-order valence-electron chi connectivity index (χ4n) is 2.26. The van der Waals surface area contributed by atoms with E-state index in [1.807, 2.05) is 36.0 Å². The average Bonchev–Trinajstić information content (AvgIpc) is 3.03. The summed E-state index contributed by atoms with van der Waals surface area (Å²) in [6, 6.07) is 5.85. The van der Waals surface area contributed by atoms with Crippen LogP contribution in [0.15, 0.2) is 30.6 Å². The van der Waals surface area contributed by atoms with E-state index in [9.17, 15) is 4.79 Å². The summed E-state index contributed by atoms with van der Waals surface area (Å²) in [6.45, 7) is 2.18. The molecular formula is C14H16N4O. The van der Waals surface area contributed by atoms with E-state index in [1.165, 1.54) is 11.1 Å². The SMILES string of the molecule is Cn1ccnc1CNC(=O)c1ccc2c(c1)CNC2. The standard InChI is InChI=1S/C14H16N4O/c1-18-5-4-16-13(18)9-17-14(19)10-2-3-11-7-15-8-12(11)6-10/h2-6,15H,7-9H2,1H3,(H,17,19). The molecule has 0 fully saturated rings. The first-order chi connectivity index (χ1) is 9.24. The fraction of sp³-hybridized carbons (Fsp3) is 0.286. The first-order valence-corrected chi connectivity index (χ1v) is 6.31. The molecule has 1 aromatic carbocycles. The lowest BCUT2D eigenvalue weighted by molar-refractivity contribution is 0.0949. The zero-order valence-electron chi connectivity index (χ0n) is 10.8. The predicted octanol–water partition coefficient (Wildman–Crippen LogP) is 0.953. The minimum atomic E-state index is -0.0577. The Morgan fingerprint density at radius 1 is 1.42 bits per heavy atom. The molecule has 1 aliphatic heterocycles. The van der Waals surface area contributed by atoms with Crippen LogP contribution in [0.5, 0.6) is 0 Å². The number of fused-ring (bicyclic) bond motifs is 1. The van der Waals surface area contributed by atoms with E-state index in [2.05, 4.69) is 15.6 Å². The molecule has 0 spiro atoms. The van der Waals surface area contributed by atoms with Gasteiger partial charge in [-0.1, -0.05) is 6.07 Å². The van der Waals surface area contributed by atoms with Gasteiger partial charge in [0.05, 0.1) is 6.54 Å². The average molecular weight is 256 g/mol. The Morgan fingerprint density at radius 2 is 2.26 bits per heavy atom. The zero-order valence-corrected chi connectivity index (χ0v) is 10.8. The van der Waals surface area contributed by atoms with Gasteiger partial charge in [-0.05, 0) is 23.3 Å². The van der Waals surface area contributed by atoms with Crippen LogP contribution in [0.25, 0.3) is 0 Å². The number of benzene rings is 1. The lowest BCUT2D eigenvalue weighted by Crippen LogP contribution is -2.24. The first-order valence-electron chi connectivity index (χ1n) is 6.31. The second kappa shape index (κ2) is 4.85. The maximum atomic E-state index is 12.1. The van der Waals surface area contributed by atoms with Crippen molar-refractivity contribution in [3.63, 3.8) is 0 Å². The summed E-state index contributed by atoms with van der Waals surface area (Å²) in [5.41, 5.74) is 3.20. The summed E-state index contributed by atoms with van der Waals surface area (Å²) in [6.07, 6.45) is 3.59. The van der Waals surface area contributed by atoms with Gasteiger partial charge in [-0.25, -0.2) is 4.98 Å². The highest BCUT2D eigenvalue weighted by Gasteiger charge is 2.13. The van der Waals surface area contributed by atoms with Crippen LogP contribution in [0.4, 0.5) is 0 Å². The monoisotopic (exact) mass is 256 g/mol. The molecule has 5 heteroatoms. The predicted molar refractivity (Wildman–Crippen MR) is 71.4 cm³/mol. The van der Waals surface area contributed by atoms with Crippen molar-refractivity contribution in [2.75, 3.05) is 0 Å². The minimum absolute atomic E-state index is 0.0577. The van der Waals surface area contributed by atoms with Gasteiger partial charge in [-0.15, -0.1) is 0 Å². The highest BCUT2D eigenvalue weighted by molar-refractivity contribution is 5.94. The van der Waals surface area contributed by atoms with Gasteiger partial charge in [-0.3, -0.25) is 4.79 Å². The van der Waals surface area contributed by atoms with Crippen LogP contribution >= 0.6 is 0 Å². The Morgan fingerprint density at radius 3 is 3.05 bits per heavy atom. The van der Waals surface area contributed by atoms with Gasteiger partial charge < -0.3 is 15.2 Å². The number of imidazole rings is 1. The molecule has 3 rings (SSSR count). The number of amides is 1. The van der Waals surface area contributed by atoms with Gasteiger partial charge in [0.2, 0.25) is 0 Å². The van der Waals surface area contributed by atoms with E-state index >= 15 is 0 Å². The molecular weight excluding hydrogens is 240 g/mol. The highest BCUT2D eigenvalue weighted by atomic mass is 16.1. The van der Waals surface area contributed by atoms with Crippen LogP contribution in [-0.2, 0) is 26.7 Å². The molecule has 0 radical (unpaired) electrons. The summed E-state index contributed by atoms with van der Waals surface area (Å²) in [7, 11) is 1.91. The first kappa shape index (κ1) is 11.9. The summed E-state index contributed by atoms with van der Waals surface area (Å²) in [5.74, 6) is 0.786. The number of aromatic nitrogens is 2. The lowest BCUT2D eigenvalue weighted by Gasteiger charge is -2.07. The van der Waals surface area contributed by atoms with Crippen LogP contribution in [0.1, 0.15) is 27.3 Å². The van der Waals surface area contributed by atoms with Crippen LogP contribution in [0.3, 0.4) is 0 Å². The Kier molecular flexibility index (Phi) is 3.05. The van der Waals surface area contributed by atoms with Crippen LogP contribution < -0.4 is 10.6 Å². The normalized spacial score (nSPS) is 13.3. The summed E-state index contributed by atoms with van der Waals surface area (Å²) in [4.78, 5) is 16.3. The number of rotatable bonds is 3. The zero-order chi connectivity index (χ0) is 13.2. The Balaban J connectivity index is 1.69. The smallest absolute Gasteiger partial charge is 0.251 e. The summed E-state index contributed by atoms with van der Waals surface area (Å²) < 4.78 is 1.90. The van der Waals surface area contributed by atoms with Crippen LogP contribution in [-0.4, -0.2) is 15.5 Å². The summed E-state index contributed by atoms with van der Waals surface area (Å²) >= 11 is 0. The number of carbonyl (C=O) groups is 1. The van der Waals surface area contributed by atoms with Crippen molar-refractivity contribution in [3.8, 4) is 0 Å². The van der Waals surface area contributed by atoms with E-state index in [4.69, 9.17) is 0 Å². The molecule has 0 aliphatic carbocycles. The maximum Gasteiger partial charge on any atom is 0.251 e. The lowest BCUT2D eigenvalue weighted by atomic mass is 10.1. The molecule has 98 valence electrons. The quantitative estimate of drug-likeness (QED) is 0.859. The second-order valence-electron chi connectivity index (χ2n) is 4.72. The third-order valence-corrected chi connectivity index (χ3v) is 3.43. The molecule has 1 aromatic heterocycles. The molecule has 2 N–H and O–H groups in total. The second-order valence-corrected chi connectivity index (χ2v) is 4.72. The van der Waals surface area contributed by atoms with E-state index in [1.54, 1.807) is 6.20 Å². The number of nitrogens with one attached hydrogen (secondary N) is 2. The number of hydrogen-bond donors (Lipinski definition) is 2. The van der Waals surface area contributed by atoms with Crippen LogP contribution in [0.2, 0.25) is 0 Å². The largest absolute Gasteiger partial charge is 0.345 e.